The largest absolute Gasteiger partial charge is 0.489 e. The minimum Gasteiger partial charge on any atom is -0.423 e. The zero-order valence-corrected chi connectivity index (χ0v) is 11.0. The van der Waals surface area contributed by atoms with Crippen LogP contribution in [0.5, 0.6) is 0 Å². The predicted octanol–water partition coefficient (Wildman–Crippen LogP) is 0.266. The molecule has 1 aromatic carbocycles. The van der Waals surface area contributed by atoms with Crippen molar-refractivity contribution in [3.63, 3.8) is 0 Å². The SMILES string of the molecule is O=C(Nc1ccccc1)c1cn2cc(B(O)O)ccc2n1. The molecule has 1 amide bonds. The van der Waals surface area contributed by atoms with Gasteiger partial charge in [0, 0.05) is 18.1 Å². The first-order valence-electron chi connectivity index (χ1n) is 6.35. The summed E-state index contributed by atoms with van der Waals surface area (Å²) in [5.74, 6) is -0.323. The van der Waals surface area contributed by atoms with Crippen molar-refractivity contribution in [3.8, 4) is 0 Å². The molecule has 2 aromatic heterocycles. The van der Waals surface area contributed by atoms with Gasteiger partial charge in [-0.3, -0.25) is 4.79 Å². The van der Waals surface area contributed by atoms with E-state index in [4.69, 9.17) is 10.0 Å². The average Bonchev–Trinajstić information content (AvgIpc) is 2.91. The van der Waals surface area contributed by atoms with E-state index in [9.17, 15) is 4.79 Å². The van der Waals surface area contributed by atoms with Gasteiger partial charge in [-0.2, -0.15) is 0 Å². The van der Waals surface area contributed by atoms with E-state index in [0.29, 0.717) is 16.8 Å². The molecule has 0 saturated carbocycles. The summed E-state index contributed by atoms with van der Waals surface area (Å²) in [7, 11) is -1.56. The molecule has 0 saturated heterocycles. The zero-order valence-electron chi connectivity index (χ0n) is 11.0. The van der Waals surface area contributed by atoms with Crippen molar-refractivity contribution < 1.29 is 14.8 Å². The number of imidazole rings is 1. The Hall–Kier alpha value is -2.64. The highest BCUT2D eigenvalue weighted by Crippen LogP contribution is 2.09. The van der Waals surface area contributed by atoms with Crippen molar-refractivity contribution in [2.24, 2.45) is 0 Å². The third-order valence-corrected chi connectivity index (χ3v) is 3.04. The Balaban J connectivity index is 1.88. The lowest BCUT2D eigenvalue weighted by molar-refractivity contribution is 0.102. The van der Waals surface area contributed by atoms with Crippen LogP contribution in [-0.4, -0.2) is 32.5 Å². The first kappa shape index (κ1) is 13.4. The third-order valence-electron chi connectivity index (χ3n) is 3.04. The molecular formula is C14H12BN3O3. The molecule has 0 fully saturated rings. The van der Waals surface area contributed by atoms with Gasteiger partial charge in [0.25, 0.3) is 5.91 Å². The number of hydrogen-bond acceptors (Lipinski definition) is 4. The molecule has 6 nitrogen and oxygen atoms in total. The number of anilines is 1. The molecule has 7 heteroatoms. The zero-order chi connectivity index (χ0) is 14.8. The first-order valence-corrected chi connectivity index (χ1v) is 6.35. The number of aromatic nitrogens is 2. The van der Waals surface area contributed by atoms with Crippen LogP contribution >= 0.6 is 0 Å². The van der Waals surface area contributed by atoms with Crippen molar-refractivity contribution in [2.45, 2.75) is 0 Å². The van der Waals surface area contributed by atoms with Crippen LogP contribution in [0.4, 0.5) is 5.69 Å². The Morgan fingerprint density at radius 3 is 2.57 bits per heavy atom. The number of pyridine rings is 1. The van der Waals surface area contributed by atoms with Crippen LogP contribution in [-0.2, 0) is 0 Å². The summed E-state index contributed by atoms with van der Waals surface area (Å²) in [4.78, 5) is 16.3. The van der Waals surface area contributed by atoms with Gasteiger partial charge in [-0.15, -0.1) is 0 Å². The molecule has 0 spiro atoms. The van der Waals surface area contributed by atoms with Crippen LogP contribution in [0.2, 0.25) is 0 Å². The maximum Gasteiger partial charge on any atom is 0.489 e. The fourth-order valence-electron chi connectivity index (χ4n) is 1.99. The molecule has 0 bridgehead atoms. The summed E-state index contributed by atoms with van der Waals surface area (Å²) in [6.45, 7) is 0. The summed E-state index contributed by atoms with van der Waals surface area (Å²) < 4.78 is 1.58. The lowest BCUT2D eigenvalue weighted by Crippen LogP contribution is -2.30. The van der Waals surface area contributed by atoms with E-state index in [1.807, 2.05) is 18.2 Å². The van der Waals surface area contributed by atoms with Crippen molar-refractivity contribution in [3.05, 3.63) is 60.6 Å². The lowest BCUT2D eigenvalue weighted by atomic mass is 9.82. The molecule has 0 atom stereocenters. The molecule has 0 aliphatic heterocycles. The van der Waals surface area contributed by atoms with Gasteiger partial charge in [0.15, 0.2) is 0 Å². The molecule has 3 aromatic rings. The van der Waals surface area contributed by atoms with Crippen LogP contribution in [0.3, 0.4) is 0 Å². The molecule has 3 N–H and O–H groups in total. The first-order chi connectivity index (χ1) is 10.1. The number of fused-ring (bicyclic) bond motifs is 1. The van der Waals surface area contributed by atoms with E-state index in [1.165, 1.54) is 6.20 Å². The van der Waals surface area contributed by atoms with Crippen LogP contribution in [0.15, 0.2) is 54.9 Å². The number of nitrogens with zero attached hydrogens (tertiary/aromatic N) is 2. The number of carbonyl (C=O) groups excluding carboxylic acids is 1. The number of carbonyl (C=O) groups is 1. The number of hydrogen-bond donors (Lipinski definition) is 3. The molecule has 0 aliphatic rings. The van der Waals surface area contributed by atoms with Crippen LogP contribution in [0.1, 0.15) is 10.5 Å². The van der Waals surface area contributed by atoms with Crippen LogP contribution < -0.4 is 10.8 Å². The van der Waals surface area contributed by atoms with Gasteiger partial charge in [0.2, 0.25) is 0 Å². The fourth-order valence-corrected chi connectivity index (χ4v) is 1.99. The number of amides is 1. The van der Waals surface area contributed by atoms with Gasteiger partial charge < -0.3 is 19.8 Å². The second-order valence-corrected chi connectivity index (χ2v) is 4.55. The van der Waals surface area contributed by atoms with Gasteiger partial charge in [-0.25, -0.2) is 4.98 Å². The van der Waals surface area contributed by atoms with Gasteiger partial charge in [-0.05, 0) is 23.7 Å². The van der Waals surface area contributed by atoms with E-state index in [2.05, 4.69) is 10.3 Å². The molecule has 0 aliphatic carbocycles. The van der Waals surface area contributed by atoms with Gasteiger partial charge >= 0.3 is 7.12 Å². The summed E-state index contributed by atoms with van der Waals surface area (Å²) in [5.41, 5.74) is 1.82. The van der Waals surface area contributed by atoms with E-state index in [-0.39, 0.29) is 11.6 Å². The quantitative estimate of drug-likeness (QED) is 0.601. The van der Waals surface area contributed by atoms with Crippen molar-refractivity contribution in [2.75, 3.05) is 5.32 Å². The number of nitrogens with one attached hydrogen (secondary N) is 1. The molecule has 2 heterocycles. The standard InChI is InChI=1S/C14H12BN3O3/c19-14(16-11-4-2-1-3-5-11)12-9-18-8-10(15(20)21)6-7-13(18)17-12/h1-9,20-21H,(H,16,19). The Morgan fingerprint density at radius 1 is 1.10 bits per heavy atom. The highest BCUT2D eigenvalue weighted by Gasteiger charge is 2.14. The number of benzene rings is 1. The lowest BCUT2D eigenvalue weighted by Gasteiger charge is -2.01. The topological polar surface area (TPSA) is 86.9 Å². The predicted molar refractivity (Wildman–Crippen MR) is 79.4 cm³/mol. The Labute approximate surface area is 120 Å². The molecule has 3 rings (SSSR count). The second-order valence-electron chi connectivity index (χ2n) is 4.55. The Morgan fingerprint density at radius 2 is 1.86 bits per heavy atom. The normalized spacial score (nSPS) is 10.6. The summed E-state index contributed by atoms with van der Waals surface area (Å²) in [6, 6.07) is 12.3. The fraction of sp³-hybridized carbons (Fsp3) is 0. The van der Waals surface area contributed by atoms with Crippen molar-refractivity contribution in [1.82, 2.24) is 9.38 Å². The van der Waals surface area contributed by atoms with E-state index in [0.717, 1.165) is 0 Å². The van der Waals surface area contributed by atoms with Crippen molar-refractivity contribution in [1.29, 1.82) is 0 Å². The second kappa shape index (κ2) is 5.39. The average molecular weight is 281 g/mol. The minimum atomic E-state index is -1.56. The van der Waals surface area contributed by atoms with Crippen LogP contribution in [0, 0.1) is 0 Å². The molecule has 104 valence electrons. The minimum absolute atomic E-state index is 0.253. The van der Waals surface area contributed by atoms with Crippen molar-refractivity contribution >= 4 is 29.8 Å². The number of rotatable bonds is 3. The molecular weight excluding hydrogens is 269 g/mol. The van der Waals surface area contributed by atoms with E-state index in [1.54, 1.807) is 34.9 Å². The maximum atomic E-state index is 12.1. The van der Waals surface area contributed by atoms with E-state index < -0.39 is 7.12 Å². The summed E-state index contributed by atoms with van der Waals surface area (Å²) in [5, 5.41) is 21.0. The monoisotopic (exact) mass is 281 g/mol. The Kier molecular flexibility index (Phi) is 3.43. The highest BCUT2D eigenvalue weighted by atomic mass is 16.4. The van der Waals surface area contributed by atoms with Crippen LogP contribution in [0.25, 0.3) is 5.65 Å². The molecule has 0 radical (unpaired) electrons. The smallest absolute Gasteiger partial charge is 0.423 e. The van der Waals surface area contributed by atoms with Gasteiger partial charge in [0.05, 0.1) is 0 Å². The van der Waals surface area contributed by atoms with Gasteiger partial charge in [0.1, 0.15) is 11.3 Å². The summed E-state index contributed by atoms with van der Waals surface area (Å²) in [6.07, 6.45) is 3.06. The third kappa shape index (κ3) is 2.79. The molecule has 0 unspecified atom stereocenters. The molecule has 21 heavy (non-hydrogen) atoms. The Bertz CT molecular complexity index is 787. The highest BCUT2D eigenvalue weighted by molar-refractivity contribution is 6.58. The maximum absolute atomic E-state index is 12.1. The van der Waals surface area contributed by atoms with Gasteiger partial charge in [-0.1, -0.05) is 24.3 Å². The summed E-state index contributed by atoms with van der Waals surface area (Å²) >= 11 is 0. The van der Waals surface area contributed by atoms with E-state index >= 15 is 0 Å². The number of para-hydroxylation sites is 1.